The van der Waals surface area contributed by atoms with Crippen molar-refractivity contribution in [3.8, 4) is 0 Å². The van der Waals surface area contributed by atoms with Gasteiger partial charge in [-0.25, -0.2) is 0 Å². The van der Waals surface area contributed by atoms with Crippen LogP contribution in [0.2, 0.25) is 0 Å². The van der Waals surface area contributed by atoms with E-state index in [1.807, 2.05) is 12.1 Å². The molecule has 3 atom stereocenters. The topological polar surface area (TPSA) is 56.3 Å². The molecule has 2 fully saturated rings. The Morgan fingerprint density at radius 1 is 1.37 bits per heavy atom. The highest BCUT2D eigenvalue weighted by Crippen LogP contribution is 2.36. The Hall–Kier alpha value is -1.13. The fourth-order valence-corrected chi connectivity index (χ4v) is 3.78. The second kappa shape index (κ2) is 5.47. The highest BCUT2D eigenvalue weighted by Gasteiger charge is 2.37. The summed E-state index contributed by atoms with van der Waals surface area (Å²) in [5, 5.41) is 9.65. The third-order valence-corrected chi connectivity index (χ3v) is 4.72. The van der Waals surface area contributed by atoms with Crippen LogP contribution in [0.3, 0.4) is 0 Å². The summed E-state index contributed by atoms with van der Waals surface area (Å²) in [5.74, 6) is 0.697. The fraction of sp³-hybridized carbons (Fsp3) is 0.667. The summed E-state index contributed by atoms with van der Waals surface area (Å²) in [7, 11) is 0. The fourth-order valence-electron chi connectivity index (χ4n) is 3.78. The number of nitrogens with zero attached hydrogens (tertiary/aromatic N) is 1. The first-order valence-corrected chi connectivity index (χ1v) is 7.32. The molecule has 4 nitrogen and oxygen atoms in total. The number of rotatable bonds is 2. The monoisotopic (exact) mass is 262 g/mol. The van der Waals surface area contributed by atoms with Crippen LogP contribution in [0.4, 0.5) is 0 Å². The molecule has 0 amide bonds. The first-order valence-electron chi connectivity index (χ1n) is 7.32. The second-order valence-corrected chi connectivity index (χ2v) is 5.90. The van der Waals surface area contributed by atoms with Crippen LogP contribution < -0.4 is 5.56 Å². The summed E-state index contributed by atoms with van der Waals surface area (Å²) in [6.45, 7) is 2.41. The maximum absolute atomic E-state index is 11.4. The van der Waals surface area contributed by atoms with Crippen molar-refractivity contribution in [2.75, 3.05) is 19.7 Å². The van der Waals surface area contributed by atoms with E-state index in [1.165, 1.54) is 19.3 Å². The van der Waals surface area contributed by atoms with Gasteiger partial charge in [0.1, 0.15) is 0 Å². The quantitative estimate of drug-likeness (QED) is 0.845. The van der Waals surface area contributed by atoms with Gasteiger partial charge < -0.3 is 10.1 Å². The summed E-state index contributed by atoms with van der Waals surface area (Å²) in [4.78, 5) is 16.9. The molecule has 0 unspecified atom stereocenters. The van der Waals surface area contributed by atoms with Crippen molar-refractivity contribution in [1.29, 1.82) is 0 Å². The van der Waals surface area contributed by atoms with Gasteiger partial charge in [-0.2, -0.15) is 0 Å². The number of aromatic amines is 1. The normalized spacial score (nSPS) is 31.9. The molecule has 2 aliphatic rings. The van der Waals surface area contributed by atoms with Crippen LogP contribution in [0.15, 0.2) is 23.0 Å². The van der Waals surface area contributed by atoms with Gasteiger partial charge in [-0.05, 0) is 37.8 Å². The van der Waals surface area contributed by atoms with E-state index in [1.54, 1.807) is 6.07 Å². The molecule has 3 rings (SSSR count). The van der Waals surface area contributed by atoms with E-state index in [0.29, 0.717) is 17.9 Å². The predicted molar refractivity (Wildman–Crippen MR) is 74.2 cm³/mol. The van der Waals surface area contributed by atoms with E-state index < -0.39 is 0 Å². The summed E-state index contributed by atoms with van der Waals surface area (Å²) in [6, 6.07) is 5.93. The minimum atomic E-state index is -0.0289. The molecule has 2 saturated heterocycles. The Kier molecular flexibility index (Phi) is 3.71. The van der Waals surface area contributed by atoms with E-state index in [9.17, 15) is 9.90 Å². The average molecular weight is 262 g/mol. The lowest BCUT2D eigenvalue weighted by Crippen LogP contribution is -2.51. The molecule has 104 valence electrons. The second-order valence-electron chi connectivity index (χ2n) is 5.90. The minimum Gasteiger partial charge on any atom is -0.396 e. The number of piperidine rings is 2. The van der Waals surface area contributed by atoms with Gasteiger partial charge in [-0.3, -0.25) is 9.69 Å². The van der Waals surface area contributed by atoms with Gasteiger partial charge in [0.05, 0.1) is 0 Å². The molecule has 4 heteroatoms. The van der Waals surface area contributed by atoms with Crippen molar-refractivity contribution in [3.05, 3.63) is 34.2 Å². The molecule has 0 radical (unpaired) electrons. The van der Waals surface area contributed by atoms with Crippen LogP contribution in [0.25, 0.3) is 0 Å². The van der Waals surface area contributed by atoms with Gasteiger partial charge in [-0.15, -0.1) is 0 Å². The molecule has 2 aliphatic heterocycles. The molecule has 0 saturated carbocycles. The lowest BCUT2D eigenvalue weighted by molar-refractivity contribution is 0.0199. The van der Waals surface area contributed by atoms with E-state index in [4.69, 9.17) is 0 Å². The summed E-state index contributed by atoms with van der Waals surface area (Å²) >= 11 is 0. The maximum Gasteiger partial charge on any atom is 0.248 e. The van der Waals surface area contributed by atoms with Gasteiger partial charge in [0.2, 0.25) is 5.56 Å². The van der Waals surface area contributed by atoms with Gasteiger partial charge in [-0.1, -0.05) is 12.5 Å². The molecule has 19 heavy (non-hydrogen) atoms. The van der Waals surface area contributed by atoms with E-state index in [-0.39, 0.29) is 12.2 Å². The standard InChI is InChI=1S/C15H22N2O2/c18-10-12-8-11(13-4-3-6-15(19)16-13)9-17-7-2-1-5-14(12)17/h3-4,6,11-12,14,18H,1-2,5,7-10H2,(H,16,19)/t11-,12-,14+/m1/s1. The molecule has 0 aliphatic carbocycles. The third kappa shape index (κ3) is 2.60. The minimum absolute atomic E-state index is 0.0289. The molecular weight excluding hydrogens is 240 g/mol. The first-order chi connectivity index (χ1) is 9.28. The zero-order valence-corrected chi connectivity index (χ0v) is 11.2. The number of aliphatic hydroxyl groups is 1. The van der Waals surface area contributed by atoms with Crippen molar-refractivity contribution in [1.82, 2.24) is 9.88 Å². The van der Waals surface area contributed by atoms with Crippen LogP contribution in [-0.4, -0.2) is 40.7 Å². The van der Waals surface area contributed by atoms with Crippen molar-refractivity contribution < 1.29 is 5.11 Å². The smallest absolute Gasteiger partial charge is 0.248 e. The largest absolute Gasteiger partial charge is 0.396 e. The average Bonchev–Trinajstić information content (AvgIpc) is 2.46. The van der Waals surface area contributed by atoms with Gasteiger partial charge in [0.15, 0.2) is 0 Å². The molecule has 1 aromatic rings. The molecule has 2 N–H and O–H groups in total. The summed E-state index contributed by atoms with van der Waals surface area (Å²) in [6.07, 6.45) is 4.73. The number of aromatic nitrogens is 1. The predicted octanol–water partition coefficient (Wildman–Crippen LogP) is 1.33. The van der Waals surface area contributed by atoms with Gasteiger partial charge >= 0.3 is 0 Å². The summed E-state index contributed by atoms with van der Waals surface area (Å²) in [5.41, 5.74) is 0.994. The maximum atomic E-state index is 11.4. The number of H-pyrrole nitrogens is 1. The molecule has 1 aromatic heterocycles. The van der Waals surface area contributed by atoms with E-state index in [0.717, 1.165) is 25.2 Å². The lowest BCUT2D eigenvalue weighted by Gasteiger charge is -2.46. The van der Waals surface area contributed by atoms with Crippen LogP contribution >= 0.6 is 0 Å². The molecular formula is C15H22N2O2. The zero-order valence-electron chi connectivity index (χ0n) is 11.2. The Morgan fingerprint density at radius 2 is 2.26 bits per heavy atom. The Bertz CT molecular complexity index is 477. The number of nitrogens with one attached hydrogen (secondary N) is 1. The van der Waals surface area contributed by atoms with Crippen LogP contribution in [0.1, 0.15) is 37.3 Å². The van der Waals surface area contributed by atoms with Crippen molar-refractivity contribution in [2.45, 2.75) is 37.6 Å². The lowest BCUT2D eigenvalue weighted by atomic mass is 9.78. The number of hydrogen-bond donors (Lipinski definition) is 2. The Balaban J connectivity index is 1.82. The Labute approximate surface area is 113 Å². The van der Waals surface area contributed by atoms with Gasteiger partial charge in [0.25, 0.3) is 0 Å². The third-order valence-electron chi connectivity index (χ3n) is 4.72. The highest BCUT2D eigenvalue weighted by molar-refractivity contribution is 5.12. The molecule has 0 aromatic carbocycles. The molecule has 0 bridgehead atoms. The SMILES string of the molecule is O=c1cccc([C@@H]2C[C@H](CO)[C@@H]3CCCCN3C2)[nH]1. The zero-order chi connectivity index (χ0) is 13.2. The number of aliphatic hydroxyl groups excluding tert-OH is 1. The molecule has 0 spiro atoms. The van der Waals surface area contributed by atoms with E-state index >= 15 is 0 Å². The summed E-state index contributed by atoms with van der Waals surface area (Å²) < 4.78 is 0. The van der Waals surface area contributed by atoms with Crippen LogP contribution in [-0.2, 0) is 0 Å². The van der Waals surface area contributed by atoms with Crippen molar-refractivity contribution >= 4 is 0 Å². The van der Waals surface area contributed by atoms with Crippen molar-refractivity contribution in [3.63, 3.8) is 0 Å². The van der Waals surface area contributed by atoms with Crippen LogP contribution in [0.5, 0.6) is 0 Å². The van der Waals surface area contributed by atoms with E-state index in [2.05, 4.69) is 9.88 Å². The first kappa shape index (κ1) is 12.9. The number of fused-ring (bicyclic) bond motifs is 1. The highest BCUT2D eigenvalue weighted by atomic mass is 16.3. The van der Waals surface area contributed by atoms with Crippen molar-refractivity contribution in [2.24, 2.45) is 5.92 Å². The Morgan fingerprint density at radius 3 is 3.05 bits per heavy atom. The number of hydrogen-bond acceptors (Lipinski definition) is 3. The van der Waals surface area contributed by atoms with Gasteiger partial charge in [0, 0.05) is 36.9 Å². The van der Waals surface area contributed by atoms with Crippen LogP contribution in [0, 0.1) is 5.92 Å². The number of pyridine rings is 1. The molecule has 3 heterocycles.